The van der Waals surface area contributed by atoms with E-state index < -0.39 is 12.2 Å². The number of rotatable bonds is 1. The first-order valence-electron chi connectivity index (χ1n) is 10.8. The molecule has 144 valence electrons. The zero-order valence-corrected chi connectivity index (χ0v) is 16.1. The van der Waals surface area contributed by atoms with Gasteiger partial charge in [-0.25, -0.2) is 0 Å². The minimum Gasteiger partial charge on any atom is -0.392 e. The Morgan fingerprint density at radius 3 is 2.69 bits per heavy atom. The summed E-state index contributed by atoms with van der Waals surface area (Å²) in [6.07, 6.45) is 3.58. The van der Waals surface area contributed by atoms with Crippen molar-refractivity contribution in [1.29, 1.82) is 0 Å². The van der Waals surface area contributed by atoms with Crippen LogP contribution in [0.15, 0.2) is 12.2 Å². The number of aliphatic hydroxyl groups is 3. The molecule has 0 aromatic carbocycles. The standard InChI is InChI=1S/C22H33NO3/c1-4-23-10-20(3)6-5-17(25)22-15(20)7-13(18(22)23)21-9-12(11(2)19(21)26)14(24)8-16(21)22/h12-19,24-26H,2,4-10H2,1,3H3/t12?,13-,14+,15+,16+,17-,18?,19+,20+,21+,22+/m0/s1. The quantitative estimate of drug-likeness (QED) is 0.625. The molecule has 2 spiro atoms. The van der Waals surface area contributed by atoms with Gasteiger partial charge in [-0.1, -0.05) is 20.4 Å². The topological polar surface area (TPSA) is 63.9 Å². The first kappa shape index (κ1) is 16.5. The third-order valence-electron chi connectivity index (χ3n) is 10.6. The van der Waals surface area contributed by atoms with Crippen molar-refractivity contribution in [3.63, 3.8) is 0 Å². The Balaban J connectivity index is 1.61. The second-order valence-electron chi connectivity index (χ2n) is 10.9. The molecule has 1 heterocycles. The number of fused-ring (bicyclic) bond motifs is 1. The number of hydrogen-bond donors (Lipinski definition) is 3. The third-order valence-corrected chi connectivity index (χ3v) is 10.6. The van der Waals surface area contributed by atoms with Crippen LogP contribution in [0.5, 0.6) is 0 Å². The lowest BCUT2D eigenvalue weighted by atomic mass is 9.43. The lowest BCUT2D eigenvalue weighted by Crippen LogP contribution is -2.68. The molecule has 6 aliphatic rings. The molecular formula is C22H33NO3. The summed E-state index contributed by atoms with van der Waals surface area (Å²) >= 11 is 0. The van der Waals surface area contributed by atoms with Crippen LogP contribution in [0.3, 0.4) is 0 Å². The maximum atomic E-state index is 11.5. The van der Waals surface area contributed by atoms with Crippen molar-refractivity contribution >= 4 is 0 Å². The van der Waals surface area contributed by atoms with Crippen LogP contribution >= 0.6 is 0 Å². The van der Waals surface area contributed by atoms with Gasteiger partial charge in [0.25, 0.3) is 0 Å². The van der Waals surface area contributed by atoms with Gasteiger partial charge < -0.3 is 15.3 Å². The highest BCUT2D eigenvalue weighted by atomic mass is 16.3. The van der Waals surface area contributed by atoms with Gasteiger partial charge in [0.15, 0.2) is 0 Å². The number of nitrogens with zero attached hydrogens (tertiary/aromatic N) is 1. The summed E-state index contributed by atoms with van der Waals surface area (Å²) < 4.78 is 0. The van der Waals surface area contributed by atoms with Gasteiger partial charge in [-0.15, -0.1) is 0 Å². The summed E-state index contributed by atoms with van der Waals surface area (Å²) in [5, 5.41) is 33.8. The SMILES string of the molecule is C=C1C2C[C@]3([C@@H]1O)[C@@H](C[C@H]2O)[C@]12C4[C@@H]3C[C@@H]1[C@](C)(CC[C@@H]2O)CN4CC. The van der Waals surface area contributed by atoms with Crippen molar-refractivity contribution in [2.75, 3.05) is 13.1 Å². The molecule has 2 unspecified atom stereocenters. The van der Waals surface area contributed by atoms with Crippen LogP contribution in [0.25, 0.3) is 0 Å². The molecule has 1 aliphatic heterocycles. The fourth-order valence-electron chi connectivity index (χ4n) is 9.97. The van der Waals surface area contributed by atoms with Gasteiger partial charge >= 0.3 is 0 Å². The second kappa shape index (κ2) is 4.59. The van der Waals surface area contributed by atoms with E-state index in [0.29, 0.717) is 17.9 Å². The van der Waals surface area contributed by atoms with Crippen molar-refractivity contribution in [3.05, 3.63) is 12.2 Å². The number of piperidine rings is 1. The number of hydrogen-bond acceptors (Lipinski definition) is 4. The molecule has 6 fully saturated rings. The number of likely N-dealkylation sites (tertiary alicyclic amines) is 1. The first-order chi connectivity index (χ1) is 12.3. The first-order valence-corrected chi connectivity index (χ1v) is 10.8. The molecule has 1 saturated heterocycles. The predicted molar refractivity (Wildman–Crippen MR) is 98.2 cm³/mol. The molecule has 0 amide bonds. The summed E-state index contributed by atoms with van der Waals surface area (Å²) in [5.74, 6) is 1.26. The average Bonchev–Trinajstić information content (AvgIpc) is 3.14. The summed E-state index contributed by atoms with van der Waals surface area (Å²) in [7, 11) is 0. The Bertz CT molecular complexity index is 695. The van der Waals surface area contributed by atoms with Crippen LogP contribution < -0.4 is 0 Å². The summed E-state index contributed by atoms with van der Waals surface area (Å²) in [6, 6.07) is 0.373. The highest BCUT2D eigenvalue weighted by Crippen LogP contribution is 2.83. The molecule has 5 aliphatic carbocycles. The van der Waals surface area contributed by atoms with E-state index in [4.69, 9.17) is 0 Å². The van der Waals surface area contributed by atoms with Crippen molar-refractivity contribution < 1.29 is 15.3 Å². The average molecular weight is 360 g/mol. The van der Waals surface area contributed by atoms with Gasteiger partial charge in [-0.05, 0) is 67.4 Å². The smallest absolute Gasteiger partial charge is 0.0813 e. The van der Waals surface area contributed by atoms with Gasteiger partial charge in [-0.3, -0.25) is 4.90 Å². The second-order valence-corrected chi connectivity index (χ2v) is 10.9. The minimum absolute atomic E-state index is 0.0547. The Labute approximate surface area is 156 Å². The van der Waals surface area contributed by atoms with Crippen molar-refractivity contribution in [1.82, 2.24) is 4.90 Å². The fourth-order valence-corrected chi connectivity index (χ4v) is 9.97. The van der Waals surface area contributed by atoms with Crippen LogP contribution in [-0.2, 0) is 0 Å². The highest BCUT2D eigenvalue weighted by molar-refractivity contribution is 5.39. The molecule has 26 heavy (non-hydrogen) atoms. The van der Waals surface area contributed by atoms with E-state index in [9.17, 15) is 15.3 Å². The van der Waals surface area contributed by atoms with Crippen LogP contribution in [-0.4, -0.2) is 57.7 Å². The molecule has 6 rings (SSSR count). The maximum Gasteiger partial charge on any atom is 0.0813 e. The Morgan fingerprint density at radius 1 is 1.19 bits per heavy atom. The van der Waals surface area contributed by atoms with E-state index in [1.165, 1.54) is 0 Å². The van der Waals surface area contributed by atoms with Crippen LogP contribution in [0, 0.1) is 39.9 Å². The monoisotopic (exact) mass is 359 g/mol. The van der Waals surface area contributed by atoms with Crippen LogP contribution in [0.4, 0.5) is 0 Å². The summed E-state index contributed by atoms with van der Waals surface area (Å²) in [4.78, 5) is 2.65. The lowest BCUT2D eigenvalue weighted by Gasteiger charge is -2.65. The molecule has 5 saturated carbocycles. The van der Waals surface area contributed by atoms with E-state index in [1.807, 2.05) is 0 Å². The molecule has 7 bridgehead atoms. The van der Waals surface area contributed by atoms with Crippen molar-refractivity contribution in [2.24, 2.45) is 39.9 Å². The van der Waals surface area contributed by atoms with E-state index in [0.717, 1.165) is 50.8 Å². The number of aliphatic hydroxyl groups excluding tert-OH is 3. The van der Waals surface area contributed by atoms with Crippen molar-refractivity contribution in [2.45, 2.75) is 70.3 Å². The van der Waals surface area contributed by atoms with E-state index in [1.54, 1.807) is 0 Å². The van der Waals surface area contributed by atoms with Crippen LogP contribution in [0.2, 0.25) is 0 Å². The maximum absolute atomic E-state index is 11.5. The fraction of sp³-hybridized carbons (Fsp3) is 0.909. The van der Waals surface area contributed by atoms with Gasteiger partial charge in [0.05, 0.1) is 18.3 Å². The van der Waals surface area contributed by atoms with Crippen LogP contribution in [0.1, 0.15) is 46.0 Å². The third kappa shape index (κ3) is 1.37. The van der Waals surface area contributed by atoms with E-state index in [2.05, 4.69) is 25.3 Å². The highest BCUT2D eigenvalue weighted by Gasteiger charge is 2.85. The largest absolute Gasteiger partial charge is 0.392 e. The molecule has 11 atom stereocenters. The van der Waals surface area contributed by atoms with Crippen molar-refractivity contribution in [3.8, 4) is 0 Å². The normalized spacial score (nSPS) is 65.5. The molecule has 3 N–H and O–H groups in total. The van der Waals surface area contributed by atoms with Gasteiger partial charge in [-0.2, -0.15) is 0 Å². The summed E-state index contributed by atoms with van der Waals surface area (Å²) in [5.41, 5.74) is 0.849. The van der Waals surface area contributed by atoms with E-state index >= 15 is 0 Å². The molecule has 0 radical (unpaired) electrons. The molecular weight excluding hydrogens is 326 g/mol. The summed E-state index contributed by atoms with van der Waals surface area (Å²) in [6.45, 7) is 11.1. The Hall–Kier alpha value is -0.420. The predicted octanol–water partition coefficient (Wildman–Crippen LogP) is 1.79. The molecule has 4 nitrogen and oxygen atoms in total. The Kier molecular flexibility index (Phi) is 2.92. The van der Waals surface area contributed by atoms with Gasteiger partial charge in [0.1, 0.15) is 0 Å². The van der Waals surface area contributed by atoms with Gasteiger partial charge in [0.2, 0.25) is 0 Å². The molecule has 4 heteroatoms. The lowest BCUT2D eigenvalue weighted by molar-refractivity contribution is -0.218. The minimum atomic E-state index is -0.500. The zero-order valence-electron chi connectivity index (χ0n) is 16.1. The zero-order chi connectivity index (χ0) is 18.2. The van der Waals surface area contributed by atoms with E-state index in [-0.39, 0.29) is 34.2 Å². The van der Waals surface area contributed by atoms with Gasteiger partial charge in [0, 0.05) is 29.3 Å². The Morgan fingerprint density at radius 2 is 1.96 bits per heavy atom. The molecule has 0 aromatic heterocycles. The molecule has 0 aromatic rings.